The van der Waals surface area contributed by atoms with E-state index in [-0.39, 0.29) is 17.2 Å². The van der Waals surface area contributed by atoms with Gasteiger partial charge in [-0.15, -0.1) is 0 Å². The highest BCUT2D eigenvalue weighted by atomic mass is 19.1. The highest BCUT2D eigenvalue weighted by Gasteiger charge is 2.24. The van der Waals surface area contributed by atoms with Crippen LogP contribution in [0.25, 0.3) is 0 Å². The average molecular weight is 334 g/mol. The van der Waals surface area contributed by atoms with Gasteiger partial charge < -0.3 is 15.1 Å². The molecule has 1 aromatic rings. The Bertz CT molecular complexity index is 719. The maximum atomic E-state index is 13.5. The molecular weight excluding hydrogens is 318 g/mol. The molecule has 2 amide bonds. The highest BCUT2D eigenvalue weighted by Crippen LogP contribution is 2.16. The summed E-state index contributed by atoms with van der Waals surface area (Å²) in [6, 6.07) is 4.70. The lowest BCUT2D eigenvalue weighted by atomic mass is 10.2. The van der Waals surface area contributed by atoms with Crippen molar-refractivity contribution in [2.45, 2.75) is 6.92 Å². The largest absolute Gasteiger partial charge is 0.358 e. The Morgan fingerprint density at radius 1 is 1.21 bits per heavy atom. The summed E-state index contributed by atoms with van der Waals surface area (Å²) in [5.74, 6) is -2.12. The fourth-order valence-corrected chi connectivity index (χ4v) is 2.29. The van der Waals surface area contributed by atoms with Crippen LogP contribution in [-0.4, -0.2) is 47.8 Å². The number of hydrogen-bond acceptors (Lipinski definition) is 4. The summed E-state index contributed by atoms with van der Waals surface area (Å²) < 4.78 is 26.4. The fourth-order valence-electron chi connectivity index (χ4n) is 2.29. The van der Waals surface area contributed by atoms with Crippen LogP contribution in [0.5, 0.6) is 0 Å². The number of nitrogens with zero attached hydrogens (tertiary/aromatic N) is 3. The maximum Gasteiger partial charge on any atom is 0.266 e. The van der Waals surface area contributed by atoms with Crippen molar-refractivity contribution in [1.82, 2.24) is 9.80 Å². The Labute approximate surface area is 138 Å². The van der Waals surface area contributed by atoms with Crippen LogP contribution in [0.4, 0.5) is 14.5 Å². The smallest absolute Gasteiger partial charge is 0.266 e. The van der Waals surface area contributed by atoms with Gasteiger partial charge in [-0.2, -0.15) is 5.26 Å². The molecule has 2 rings (SSSR count). The fraction of sp³-hybridized carbons (Fsp3) is 0.312. The van der Waals surface area contributed by atoms with Crippen LogP contribution in [0.2, 0.25) is 0 Å². The van der Waals surface area contributed by atoms with E-state index in [2.05, 4.69) is 5.32 Å². The van der Waals surface area contributed by atoms with Gasteiger partial charge in [0.25, 0.3) is 5.91 Å². The molecule has 1 fully saturated rings. The van der Waals surface area contributed by atoms with Crippen LogP contribution in [-0.2, 0) is 9.59 Å². The quantitative estimate of drug-likeness (QED) is 0.671. The Balaban J connectivity index is 2.04. The lowest BCUT2D eigenvalue weighted by molar-refractivity contribution is -0.136. The van der Waals surface area contributed by atoms with Gasteiger partial charge in [0, 0.05) is 45.4 Å². The van der Waals surface area contributed by atoms with Gasteiger partial charge in [0.1, 0.15) is 23.3 Å². The monoisotopic (exact) mass is 334 g/mol. The lowest BCUT2D eigenvalue weighted by Crippen LogP contribution is -2.50. The van der Waals surface area contributed by atoms with Gasteiger partial charge in [0.15, 0.2) is 0 Å². The zero-order chi connectivity index (χ0) is 17.7. The van der Waals surface area contributed by atoms with Gasteiger partial charge >= 0.3 is 0 Å². The number of carbonyl (C=O) groups is 2. The lowest BCUT2D eigenvalue weighted by Gasteiger charge is -2.34. The van der Waals surface area contributed by atoms with Crippen molar-refractivity contribution in [3.63, 3.8) is 0 Å². The predicted molar refractivity (Wildman–Crippen MR) is 82.5 cm³/mol. The number of piperazine rings is 1. The molecule has 126 valence electrons. The van der Waals surface area contributed by atoms with Gasteiger partial charge in [-0.05, 0) is 12.1 Å². The normalized spacial score (nSPS) is 15.0. The van der Waals surface area contributed by atoms with E-state index < -0.39 is 17.5 Å². The average Bonchev–Trinajstić information content (AvgIpc) is 2.57. The zero-order valence-electron chi connectivity index (χ0n) is 13.1. The topological polar surface area (TPSA) is 76.4 Å². The molecule has 1 aromatic carbocycles. The third kappa shape index (κ3) is 4.07. The number of nitrogens with one attached hydrogen (secondary N) is 1. The first kappa shape index (κ1) is 17.4. The molecule has 0 aliphatic carbocycles. The van der Waals surface area contributed by atoms with Gasteiger partial charge in [-0.3, -0.25) is 9.59 Å². The summed E-state index contributed by atoms with van der Waals surface area (Å²) in [7, 11) is 0. The summed E-state index contributed by atoms with van der Waals surface area (Å²) in [5, 5.41) is 11.6. The Hall–Kier alpha value is -2.95. The highest BCUT2D eigenvalue weighted by molar-refractivity contribution is 5.97. The van der Waals surface area contributed by atoms with Gasteiger partial charge in [-0.1, -0.05) is 0 Å². The molecule has 6 nitrogen and oxygen atoms in total. The summed E-state index contributed by atoms with van der Waals surface area (Å²) in [5.41, 5.74) is -0.242. The van der Waals surface area contributed by atoms with E-state index in [1.807, 2.05) is 0 Å². The van der Waals surface area contributed by atoms with Crippen molar-refractivity contribution < 1.29 is 18.4 Å². The van der Waals surface area contributed by atoms with Gasteiger partial charge in [0.05, 0.1) is 5.69 Å². The summed E-state index contributed by atoms with van der Waals surface area (Å²) in [6.07, 6.45) is 1.09. The summed E-state index contributed by atoms with van der Waals surface area (Å²) >= 11 is 0. The zero-order valence-corrected chi connectivity index (χ0v) is 13.1. The molecule has 1 saturated heterocycles. The van der Waals surface area contributed by atoms with E-state index in [0.29, 0.717) is 32.2 Å². The third-order valence-corrected chi connectivity index (χ3v) is 3.67. The molecule has 0 radical (unpaired) electrons. The van der Waals surface area contributed by atoms with Gasteiger partial charge in [0.2, 0.25) is 5.91 Å². The van der Waals surface area contributed by atoms with Crippen LogP contribution in [0.15, 0.2) is 30.0 Å². The molecule has 0 atom stereocenters. The molecule has 0 aromatic heterocycles. The standard InChI is InChI=1S/C16H16F2N4O2/c1-11(23)21-4-6-22(7-5-21)16(24)12(9-19)10-20-15-3-2-13(17)8-14(15)18/h2-3,8,10,20H,4-7H2,1H3/b12-10-. The minimum absolute atomic E-state index is 0.0432. The van der Waals surface area contributed by atoms with E-state index in [9.17, 15) is 18.4 Å². The second kappa shape index (κ2) is 7.55. The molecule has 1 N–H and O–H groups in total. The predicted octanol–water partition coefficient (Wildman–Crippen LogP) is 1.47. The third-order valence-electron chi connectivity index (χ3n) is 3.67. The first-order valence-electron chi connectivity index (χ1n) is 7.29. The number of rotatable bonds is 3. The van der Waals surface area contributed by atoms with Crippen LogP contribution in [0, 0.1) is 23.0 Å². The molecule has 1 aliphatic rings. The Morgan fingerprint density at radius 3 is 2.38 bits per heavy atom. The molecular formula is C16H16F2N4O2. The molecule has 0 spiro atoms. The van der Waals surface area contributed by atoms with Crippen molar-refractivity contribution in [3.05, 3.63) is 41.6 Å². The molecule has 0 bridgehead atoms. The van der Waals surface area contributed by atoms with Crippen molar-refractivity contribution in [1.29, 1.82) is 5.26 Å². The van der Waals surface area contributed by atoms with Crippen LogP contribution in [0.1, 0.15) is 6.92 Å². The molecule has 8 heteroatoms. The number of halogens is 2. The minimum atomic E-state index is -0.828. The summed E-state index contributed by atoms with van der Waals surface area (Å²) in [4.78, 5) is 26.6. The molecule has 0 saturated carbocycles. The van der Waals surface area contributed by atoms with Crippen LogP contribution in [0.3, 0.4) is 0 Å². The Kier molecular flexibility index (Phi) is 5.47. The number of hydrogen-bond donors (Lipinski definition) is 1. The van der Waals surface area contributed by atoms with E-state index >= 15 is 0 Å². The number of anilines is 1. The SMILES string of the molecule is CC(=O)N1CCN(C(=O)/C(C#N)=C\Nc2ccc(F)cc2F)CC1. The summed E-state index contributed by atoms with van der Waals surface area (Å²) in [6.45, 7) is 2.91. The van der Waals surface area contributed by atoms with Gasteiger partial charge in [-0.25, -0.2) is 8.78 Å². The minimum Gasteiger partial charge on any atom is -0.358 e. The second-order valence-electron chi connectivity index (χ2n) is 5.24. The molecule has 0 unspecified atom stereocenters. The van der Waals surface area contributed by atoms with E-state index in [0.717, 1.165) is 12.3 Å². The van der Waals surface area contributed by atoms with Crippen molar-refractivity contribution in [2.24, 2.45) is 0 Å². The van der Waals surface area contributed by atoms with Crippen LogP contribution >= 0.6 is 0 Å². The van der Waals surface area contributed by atoms with Crippen molar-refractivity contribution in [2.75, 3.05) is 31.5 Å². The maximum absolute atomic E-state index is 13.5. The first-order chi connectivity index (χ1) is 11.4. The van der Waals surface area contributed by atoms with E-state index in [1.54, 1.807) is 11.0 Å². The molecule has 24 heavy (non-hydrogen) atoms. The first-order valence-corrected chi connectivity index (χ1v) is 7.29. The number of nitriles is 1. The Morgan fingerprint density at radius 2 is 1.83 bits per heavy atom. The van der Waals surface area contributed by atoms with Crippen LogP contribution < -0.4 is 5.32 Å². The molecule has 1 heterocycles. The van der Waals surface area contributed by atoms with E-state index in [4.69, 9.17) is 5.26 Å². The number of benzene rings is 1. The molecule has 1 aliphatic heterocycles. The number of amides is 2. The second-order valence-corrected chi connectivity index (χ2v) is 5.24. The van der Waals surface area contributed by atoms with Crippen molar-refractivity contribution >= 4 is 17.5 Å². The number of carbonyl (C=O) groups excluding carboxylic acids is 2. The van der Waals surface area contributed by atoms with E-state index in [1.165, 1.54) is 17.9 Å². The van der Waals surface area contributed by atoms with Crippen molar-refractivity contribution in [3.8, 4) is 6.07 Å².